The second kappa shape index (κ2) is 5.47. The zero-order valence-corrected chi connectivity index (χ0v) is 10.3. The molecular weight excluding hydrogens is 222 g/mol. The van der Waals surface area contributed by atoms with Crippen LogP contribution in [0.1, 0.15) is 29.5 Å². The number of carboxylic acid groups (broad SMARTS) is 1. The number of aromatic nitrogens is 2. The Morgan fingerprint density at radius 2 is 2.18 bits per heavy atom. The standard InChI is InChI=1S/C11H17N3O3/c1-4-14(6-5-10(15)16)11(17)9-7-8(2)12-13(9)3/h7H,4-6H2,1-3H3,(H,15,16). The predicted octanol–water partition coefficient (Wildman–Crippen LogP) is 0.665. The molecule has 1 amide bonds. The van der Waals surface area contributed by atoms with Crippen LogP contribution in [0.5, 0.6) is 0 Å². The van der Waals surface area contributed by atoms with Crippen molar-refractivity contribution in [1.82, 2.24) is 14.7 Å². The maximum Gasteiger partial charge on any atom is 0.305 e. The first kappa shape index (κ1) is 13.2. The van der Waals surface area contributed by atoms with Crippen LogP contribution in [-0.4, -0.2) is 44.8 Å². The summed E-state index contributed by atoms with van der Waals surface area (Å²) in [5, 5.41) is 12.7. The van der Waals surface area contributed by atoms with Gasteiger partial charge in [-0.05, 0) is 19.9 Å². The first-order valence-electron chi connectivity index (χ1n) is 5.47. The second-order valence-electron chi connectivity index (χ2n) is 3.82. The van der Waals surface area contributed by atoms with E-state index in [4.69, 9.17) is 5.11 Å². The molecule has 6 nitrogen and oxygen atoms in total. The summed E-state index contributed by atoms with van der Waals surface area (Å²) < 4.78 is 1.51. The first-order chi connectivity index (χ1) is 7.95. The van der Waals surface area contributed by atoms with Crippen LogP contribution < -0.4 is 0 Å². The summed E-state index contributed by atoms with van der Waals surface area (Å²) in [5.41, 5.74) is 1.25. The fourth-order valence-corrected chi connectivity index (χ4v) is 1.61. The van der Waals surface area contributed by atoms with Gasteiger partial charge in [-0.15, -0.1) is 0 Å². The van der Waals surface area contributed by atoms with Gasteiger partial charge in [0, 0.05) is 20.1 Å². The van der Waals surface area contributed by atoms with E-state index in [2.05, 4.69) is 5.10 Å². The predicted molar refractivity (Wildman–Crippen MR) is 61.8 cm³/mol. The molecule has 0 unspecified atom stereocenters. The number of carboxylic acids is 1. The molecule has 1 aromatic heterocycles. The molecule has 6 heteroatoms. The van der Waals surface area contributed by atoms with Crippen molar-refractivity contribution in [3.8, 4) is 0 Å². The fraction of sp³-hybridized carbons (Fsp3) is 0.545. The van der Waals surface area contributed by atoms with Gasteiger partial charge in [-0.25, -0.2) is 0 Å². The Labute approximate surface area is 99.8 Å². The molecule has 0 saturated heterocycles. The summed E-state index contributed by atoms with van der Waals surface area (Å²) in [6.45, 7) is 4.33. The van der Waals surface area contributed by atoms with Crippen molar-refractivity contribution in [3.05, 3.63) is 17.5 Å². The minimum absolute atomic E-state index is 0.0452. The maximum absolute atomic E-state index is 12.1. The van der Waals surface area contributed by atoms with E-state index in [1.54, 1.807) is 13.1 Å². The number of carbonyl (C=O) groups is 2. The summed E-state index contributed by atoms with van der Waals surface area (Å²) >= 11 is 0. The fourth-order valence-electron chi connectivity index (χ4n) is 1.61. The highest BCUT2D eigenvalue weighted by molar-refractivity contribution is 5.92. The van der Waals surface area contributed by atoms with Gasteiger partial charge in [0.15, 0.2) is 0 Å². The molecule has 0 radical (unpaired) electrons. The number of hydrogen-bond donors (Lipinski definition) is 1. The zero-order chi connectivity index (χ0) is 13.0. The molecule has 1 heterocycles. The van der Waals surface area contributed by atoms with Crippen molar-refractivity contribution in [1.29, 1.82) is 0 Å². The third-order valence-electron chi connectivity index (χ3n) is 2.49. The maximum atomic E-state index is 12.1. The van der Waals surface area contributed by atoms with E-state index in [1.807, 2.05) is 13.8 Å². The van der Waals surface area contributed by atoms with Crippen LogP contribution in [0.25, 0.3) is 0 Å². The van der Waals surface area contributed by atoms with E-state index in [0.29, 0.717) is 12.2 Å². The minimum atomic E-state index is -0.905. The molecule has 1 N–H and O–H groups in total. The summed E-state index contributed by atoms with van der Waals surface area (Å²) in [5.74, 6) is -1.09. The lowest BCUT2D eigenvalue weighted by atomic mass is 10.3. The molecule has 0 aromatic carbocycles. The Morgan fingerprint density at radius 1 is 1.53 bits per heavy atom. The molecule has 0 atom stereocenters. The average Bonchev–Trinajstić information content (AvgIpc) is 2.58. The highest BCUT2D eigenvalue weighted by Gasteiger charge is 2.18. The number of hydrogen-bond acceptors (Lipinski definition) is 3. The van der Waals surface area contributed by atoms with Crippen LogP contribution in [0.4, 0.5) is 0 Å². The van der Waals surface area contributed by atoms with E-state index in [9.17, 15) is 9.59 Å². The molecule has 0 fully saturated rings. The van der Waals surface area contributed by atoms with E-state index in [1.165, 1.54) is 9.58 Å². The molecule has 0 spiro atoms. The van der Waals surface area contributed by atoms with E-state index < -0.39 is 5.97 Å². The summed E-state index contributed by atoms with van der Waals surface area (Å²) in [6.07, 6.45) is -0.0452. The van der Waals surface area contributed by atoms with Gasteiger partial charge >= 0.3 is 5.97 Å². The molecule has 0 bridgehead atoms. The van der Waals surface area contributed by atoms with Crippen LogP contribution >= 0.6 is 0 Å². The number of aliphatic carboxylic acids is 1. The van der Waals surface area contributed by atoms with Crippen LogP contribution in [0.2, 0.25) is 0 Å². The number of rotatable bonds is 5. The van der Waals surface area contributed by atoms with Crippen molar-refractivity contribution < 1.29 is 14.7 Å². The van der Waals surface area contributed by atoms with Crippen molar-refractivity contribution in [2.45, 2.75) is 20.3 Å². The normalized spacial score (nSPS) is 10.3. The van der Waals surface area contributed by atoms with Crippen molar-refractivity contribution in [2.75, 3.05) is 13.1 Å². The molecule has 0 aliphatic carbocycles. The summed E-state index contributed by atoms with van der Waals surface area (Å²) in [7, 11) is 1.70. The molecule has 1 aromatic rings. The highest BCUT2D eigenvalue weighted by Crippen LogP contribution is 2.07. The smallest absolute Gasteiger partial charge is 0.305 e. The van der Waals surface area contributed by atoms with Crippen LogP contribution in [0.15, 0.2) is 6.07 Å². The first-order valence-corrected chi connectivity index (χ1v) is 5.47. The lowest BCUT2D eigenvalue weighted by Gasteiger charge is -2.19. The number of aryl methyl sites for hydroxylation is 2. The number of nitrogens with zero attached hydrogens (tertiary/aromatic N) is 3. The van der Waals surface area contributed by atoms with Gasteiger partial charge in [-0.3, -0.25) is 14.3 Å². The monoisotopic (exact) mass is 239 g/mol. The van der Waals surface area contributed by atoms with Gasteiger partial charge in [-0.2, -0.15) is 5.10 Å². The molecular formula is C11H17N3O3. The third kappa shape index (κ3) is 3.30. The van der Waals surface area contributed by atoms with Crippen molar-refractivity contribution >= 4 is 11.9 Å². The topological polar surface area (TPSA) is 75.4 Å². The summed E-state index contributed by atoms with van der Waals surface area (Å²) in [4.78, 5) is 24.1. The Morgan fingerprint density at radius 3 is 2.59 bits per heavy atom. The minimum Gasteiger partial charge on any atom is -0.481 e. The van der Waals surface area contributed by atoms with Gasteiger partial charge < -0.3 is 10.0 Å². The zero-order valence-electron chi connectivity index (χ0n) is 10.3. The Hall–Kier alpha value is -1.85. The van der Waals surface area contributed by atoms with Gasteiger partial charge in [-0.1, -0.05) is 0 Å². The van der Waals surface area contributed by atoms with E-state index in [0.717, 1.165) is 5.69 Å². The highest BCUT2D eigenvalue weighted by atomic mass is 16.4. The van der Waals surface area contributed by atoms with Crippen molar-refractivity contribution in [2.24, 2.45) is 7.05 Å². The van der Waals surface area contributed by atoms with Gasteiger partial charge in [0.1, 0.15) is 5.69 Å². The van der Waals surface area contributed by atoms with Crippen LogP contribution in [0.3, 0.4) is 0 Å². The Kier molecular flexibility index (Phi) is 4.25. The lowest BCUT2D eigenvalue weighted by Crippen LogP contribution is -2.34. The van der Waals surface area contributed by atoms with E-state index >= 15 is 0 Å². The molecule has 94 valence electrons. The number of carbonyl (C=O) groups excluding carboxylic acids is 1. The van der Waals surface area contributed by atoms with E-state index in [-0.39, 0.29) is 18.9 Å². The SMILES string of the molecule is CCN(CCC(=O)O)C(=O)c1cc(C)nn1C. The molecule has 0 aliphatic heterocycles. The molecule has 0 saturated carbocycles. The molecule has 0 aliphatic rings. The largest absolute Gasteiger partial charge is 0.481 e. The van der Waals surface area contributed by atoms with Crippen molar-refractivity contribution in [3.63, 3.8) is 0 Å². The van der Waals surface area contributed by atoms with Crippen LogP contribution in [0, 0.1) is 6.92 Å². The van der Waals surface area contributed by atoms with Gasteiger partial charge in [0.25, 0.3) is 5.91 Å². The third-order valence-corrected chi connectivity index (χ3v) is 2.49. The Bertz CT molecular complexity index is 426. The molecule has 1 rings (SSSR count). The summed E-state index contributed by atoms with van der Waals surface area (Å²) in [6, 6.07) is 1.70. The Balaban J connectivity index is 2.79. The number of amides is 1. The van der Waals surface area contributed by atoms with Gasteiger partial charge in [0.2, 0.25) is 0 Å². The average molecular weight is 239 g/mol. The second-order valence-corrected chi connectivity index (χ2v) is 3.82. The molecule has 17 heavy (non-hydrogen) atoms. The van der Waals surface area contributed by atoms with Gasteiger partial charge in [0.05, 0.1) is 12.1 Å². The quantitative estimate of drug-likeness (QED) is 0.819. The van der Waals surface area contributed by atoms with Crippen LogP contribution in [-0.2, 0) is 11.8 Å². The lowest BCUT2D eigenvalue weighted by molar-refractivity contribution is -0.137.